The van der Waals surface area contributed by atoms with Crippen molar-refractivity contribution < 1.29 is 19.4 Å². The quantitative estimate of drug-likeness (QED) is 0.0444. The van der Waals surface area contributed by atoms with Crippen molar-refractivity contribution in [2.24, 2.45) is 33.1 Å². The van der Waals surface area contributed by atoms with Gasteiger partial charge in [-0.05, 0) is 132 Å². The van der Waals surface area contributed by atoms with E-state index in [1.807, 2.05) is 56.4 Å². The van der Waals surface area contributed by atoms with Gasteiger partial charge in [0.05, 0.1) is 18.3 Å². The number of nitrogens with one attached hydrogen (secondary N) is 2. The lowest BCUT2D eigenvalue weighted by atomic mass is 9.72. The molecule has 1 unspecified atom stereocenters. The lowest BCUT2D eigenvalue weighted by molar-refractivity contribution is -0.112. The lowest BCUT2D eigenvalue weighted by Crippen LogP contribution is -2.29. The molecule has 0 saturated heterocycles. The average molecular weight is 916 g/mol. The van der Waals surface area contributed by atoms with Crippen LogP contribution in [0, 0.1) is 5.92 Å². The van der Waals surface area contributed by atoms with Crippen LogP contribution in [-0.4, -0.2) is 59.3 Å². The number of nitrogens with two attached hydrogens (primary N) is 3. The van der Waals surface area contributed by atoms with E-state index in [0.717, 1.165) is 78.1 Å². The zero-order valence-electron chi connectivity index (χ0n) is 36.0. The summed E-state index contributed by atoms with van der Waals surface area (Å²) in [6.45, 7) is 6.70. The number of aliphatic hydroxyl groups is 1. The zero-order valence-corrected chi connectivity index (χ0v) is 38.3. The fourth-order valence-corrected chi connectivity index (χ4v) is 7.75. The Morgan fingerprint density at radius 3 is 2.10 bits per heavy atom. The van der Waals surface area contributed by atoms with E-state index >= 15 is 0 Å². The molecular weight excluding hydrogens is 859 g/mol. The third-order valence-electron chi connectivity index (χ3n) is 10.5. The predicted molar refractivity (Wildman–Crippen MR) is 262 cm³/mol. The van der Waals surface area contributed by atoms with Crippen LogP contribution >= 0.6 is 35.6 Å². The van der Waals surface area contributed by atoms with Crippen LogP contribution in [0.3, 0.4) is 0 Å². The number of ether oxygens (including phenoxy) is 1. The highest BCUT2D eigenvalue weighted by atomic mass is 35.5. The minimum Gasteiger partial charge on any atom is -0.507 e. The Labute approximate surface area is 385 Å². The van der Waals surface area contributed by atoms with Gasteiger partial charge in [0.2, 0.25) is 23.5 Å². The molecule has 0 aliphatic heterocycles. The number of carbonyl (C=O) groups is 2. The normalized spacial score (nSPS) is 16.8. The Bertz CT molecular complexity index is 2400. The number of aliphatic imine (C=N–C) groups is 2. The molecule has 1 saturated carbocycles. The largest absolute Gasteiger partial charge is 0.507 e. The summed E-state index contributed by atoms with van der Waals surface area (Å²) in [6, 6.07) is 30.2. The molecule has 4 aromatic carbocycles. The number of pyridine rings is 1. The first-order valence-corrected chi connectivity index (χ1v) is 21.5. The van der Waals surface area contributed by atoms with Crippen molar-refractivity contribution in [2.45, 2.75) is 77.3 Å². The second-order valence-electron chi connectivity index (χ2n) is 15.5. The predicted octanol–water partition coefficient (Wildman–Crippen LogP) is 10.3. The van der Waals surface area contributed by atoms with Crippen molar-refractivity contribution in [3.63, 3.8) is 0 Å². The van der Waals surface area contributed by atoms with E-state index in [0.29, 0.717) is 33.7 Å². The molecule has 5 aromatic rings. The summed E-state index contributed by atoms with van der Waals surface area (Å²) in [5.74, 6) is 0.475. The molecule has 0 spiro atoms. The van der Waals surface area contributed by atoms with Crippen LogP contribution in [0.2, 0.25) is 10.0 Å². The smallest absolute Gasteiger partial charge is 0.234 e. The van der Waals surface area contributed by atoms with Gasteiger partial charge in [0.25, 0.3) is 0 Å². The average Bonchev–Trinajstić information content (AvgIpc) is 3.26. The summed E-state index contributed by atoms with van der Waals surface area (Å²) in [5.41, 5.74) is 21.9. The summed E-state index contributed by atoms with van der Waals surface area (Å²) < 4.78 is 5.34. The molecule has 0 bridgehead atoms. The number of aliphatic hydroxyl groups excluding tert-OH is 1. The minimum absolute atomic E-state index is 0. The first-order valence-electron chi connectivity index (χ1n) is 20.7. The SMILES string of the molecule is CC(C)N=C(N)/N=C(\N)Nc1ccc(Cl)cc1.COc1cc(NC(C)CCCN)c2ncccc2c1.Cl.O=C1C(=O)c2ccccc2C(O)=C1C1CCC(c2ccc(Cl)cc2)CC1. The number of hydrogen-bond donors (Lipinski definition) is 6. The molecule has 2 aliphatic carbocycles. The molecule has 9 N–H and O–H groups in total. The third kappa shape index (κ3) is 14.2. The van der Waals surface area contributed by atoms with Crippen molar-refractivity contribution >= 4 is 87.1 Å². The fraction of sp³-hybridized carbons (Fsp3) is 0.312. The number of allylic oxidation sites excluding steroid dienone is 1. The summed E-state index contributed by atoms with van der Waals surface area (Å²) in [4.78, 5) is 37.4. The monoisotopic (exact) mass is 914 g/mol. The molecule has 63 heavy (non-hydrogen) atoms. The summed E-state index contributed by atoms with van der Waals surface area (Å²) in [6.07, 6.45) is 7.29. The lowest BCUT2D eigenvalue weighted by Gasteiger charge is -2.31. The second-order valence-corrected chi connectivity index (χ2v) is 16.4. The Morgan fingerprint density at radius 2 is 1.48 bits per heavy atom. The summed E-state index contributed by atoms with van der Waals surface area (Å²) in [7, 11) is 1.68. The van der Waals surface area contributed by atoms with Crippen LogP contribution in [0.25, 0.3) is 16.7 Å². The number of benzene rings is 4. The van der Waals surface area contributed by atoms with Gasteiger partial charge in [0.1, 0.15) is 11.5 Å². The fourth-order valence-electron chi connectivity index (χ4n) is 7.49. The molecule has 2 aliphatic rings. The molecule has 1 fully saturated rings. The Balaban J connectivity index is 0.000000212. The van der Waals surface area contributed by atoms with Crippen molar-refractivity contribution in [1.29, 1.82) is 0 Å². The van der Waals surface area contributed by atoms with Gasteiger partial charge in [-0.2, -0.15) is 4.99 Å². The van der Waals surface area contributed by atoms with E-state index in [4.69, 9.17) is 45.1 Å². The first-order chi connectivity index (χ1) is 29.8. The third-order valence-corrected chi connectivity index (χ3v) is 11.0. The second kappa shape index (κ2) is 24.3. The Kier molecular flexibility index (Phi) is 19.2. The number of fused-ring (bicyclic) bond motifs is 2. The van der Waals surface area contributed by atoms with Crippen LogP contribution in [0.4, 0.5) is 11.4 Å². The van der Waals surface area contributed by atoms with E-state index in [1.165, 1.54) is 5.56 Å². The van der Waals surface area contributed by atoms with Gasteiger partial charge in [-0.15, -0.1) is 12.4 Å². The van der Waals surface area contributed by atoms with E-state index in [9.17, 15) is 14.7 Å². The number of carbonyl (C=O) groups excluding carboxylic acids is 2. The highest BCUT2D eigenvalue weighted by molar-refractivity contribution is 6.52. The molecule has 0 amide bonds. The van der Waals surface area contributed by atoms with Crippen LogP contribution in [0.5, 0.6) is 5.75 Å². The van der Waals surface area contributed by atoms with Crippen molar-refractivity contribution in [3.05, 3.63) is 136 Å². The van der Waals surface area contributed by atoms with Crippen molar-refractivity contribution in [1.82, 2.24) is 4.98 Å². The van der Waals surface area contributed by atoms with Gasteiger partial charge in [0, 0.05) is 62.2 Å². The number of nitrogens with zero attached hydrogens (tertiary/aromatic N) is 3. The van der Waals surface area contributed by atoms with E-state index in [1.54, 1.807) is 55.6 Å². The molecule has 334 valence electrons. The topological polar surface area (TPSA) is 203 Å². The first kappa shape index (κ1) is 50.0. The van der Waals surface area contributed by atoms with E-state index < -0.39 is 11.6 Å². The molecule has 15 heteroatoms. The number of rotatable bonds is 10. The highest BCUT2D eigenvalue weighted by Gasteiger charge is 2.38. The van der Waals surface area contributed by atoms with Crippen LogP contribution in [0.15, 0.2) is 119 Å². The number of halogens is 3. The molecule has 1 heterocycles. The maximum Gasteiger partial charge on any atom is 0.234 e. The maximum absolute atomic E-state index is 12.6. The Morgan fingerprint density at radius 1 is 0.857 bits per heavy atom. The number of ketones is 2. The molecule has 12 nitrogen and oxygen atoms in total. The number of hydrogen-bond acceptors (Lipinski definition) is 8. The number of methoxy groups -OCH3 is 1. The van der Waals surface area contributed by atoms with Crippen LogP contribution < -0.4 is 32.6 Å². The zero-order chi connectivity index (χ0) is 44.8. The van der Waals surface area contributed by atoms with Gasteiger partial charge in [0.15, 0.2) is 0 Å². The standard InChI is InChI=1S/C22H19ClO3.C15H21N3O.C11H16ClN5.ClH/c23-16-11-9-14(10-12-16)13-5-7-15(8-6-13)19-20(24)17-3-1-2-4-18(17)21(25)22(19)26;1-11(5-3-7-16)18-14-10-13(19-2)9-12-6-4-8-17-15(12)14;1-7(2)15-10(13)17-11(14)16-9-5-3-8(12)4-6-9;/h1-4,9-13,15,24H,5-8H2;4,6,8-11,18H,3,5,7,16H2,1-2H3;3-7H,1-2H3,(H5,13,14,15,16,17);1H. The van der Waals surface area contributed by atoms with Crippen molar-refractivity contribution in [2.75, 3.05) is 24.3 Å². The number of guanidine groups is 2. The summed E-state index contributed by atoms with van der Waals surface area (Å²) >= 11 is 11.7. The highest BCUT2D eigenvalue weighted by Crippen LogP contribution is 2.42. The van der Waals surface area contributed by atoms with Gasteiger partial charge >= 0.3 is 0 Å². The molecule has 0 radical (unpaired) electrons. The maximum atomic E-state index is 12.6. The number of anilines is 2. The molecule has 1 aromatic heterocycles. The van der Waals surface area contributed by atoms with E-state index in [2.05, 4.69) is 44.7 Å². The van der Waals surface area contributed by atoms with Crippen molar-refractivity contribution in [3.8, 4) is 5.75 Å². The van der Waals surface area contributed by atoms with Crippen LogP contribution in [0.1, 0.15) is 86.7 Å². The molecule has 7 rings (SSSR count). The Hall–Kier alpha value is -5.66. The molecular formula is C48H57Cl3N8O4. The van der Waals surface area contributed by atoms with Gasteiger partial charge in [-0.1, -0.05) is 65.7 Å². The number of Topliss-reactive ketones (excluding diaryl/α,β-unsaturated/α-hetero) is 2. The minimum atomic E-state index is -0.545. The van der Waals surface area contributed by atoms with Gasteiger partial charge < -0.3 is 37.7 Å². The van der Waals surface area contributed by atoms with Crippen LogP contribution in [-0.2, 0) is 4.79 Å². The number of aromatic nitrogens is 1. The van der Waals surface area contributed by atoms with Gasteiger partial charge in [-0.3, -0.25) is 14.6 Å². The molecule has 1 atom stereocenters. The van der Waals surface area contributed by atoms with E-state index in [-0.39, 0.29) is 42.0 Å². The summed E-state index contributed by atoms with van der Waals surface area (Å²) in [5, 5.41) is 19.5. The van der Waals surface area contributed by atoms with Gasteiger partial charge in [-0.25, -0.2) is 4.99 Å².